The van der Waals surface area contributed by atoms with Crippen molar-refractivity contribution in [3.05, 3.63) is 29.8 Å². The number of carboxylic acid groups (broad SMARTS) is 1. The van der Waals surface area contributed by atoms with Crippen LogP contribution in [0.15, 0.2) is 24.3 Å². The maximum absolute atomic E-state index is 13.1. The number of carbonyl (C=O) groups excluding carboxylic acids is 2. The SMILES string of the molecule is COc1ccc(C(=O)C(CC(=O)N[C@@H](C)C(=O)O)C(F)(F)F)cc1. The number of ether oxygens (including phenoxy) is 1. The Morgan fingerprint density at radius 1 is 1.21 bits per heavy atom. The summed E-state index contributed by atoms with van der Waals surface area (Å²) in [4.78, 5) is 34.3. The second-order valence-corrected chi connectivity index (χ2v) is 5.02. The molecule has 132 valence electrons. The zero-order chi connectivity index (χ0) is 18.5. The molecule has 0 bridgehead atoms. The van der Waals surface area contributed by atoms with Gasteiger partial charge in [-0.2, -0.15) is 13.2 Å². The van der Waals surface area contributed by atoms with Crippen molar-refractivity contribution in [2.24, 2.45) is 5.92 Å². The zero-order valence-corrected chi connectivity index (χ0v) is 12.9. The average molecular weight is 347 g/mol. The van der Waals surface area contributed by atoms with Crippen LogP contribution in [0.4, 0.5) is 13.2 Å². The van der Waals surface area contributed by atoms with Gasteiger partial charge in [0.15, 0.2) is 5.78 Å². The minimum atomic E-state index is -4.94. The molecule has 0 spiro atoms. The van der Waals surface area contributed by atoms with Gasteiger partial charge in [-0.25, -0.2) is 0 Å². The number of Topliss-reactive ketones (excluding diaryl/α,β-unsaturated/α-hetero) is 1. The highest BCUT2D eigenvalue weighted by molar-refractivity contribution is 6.00. The van der Waals surface area contributed by atoms with Crippen molar-refractivity contribution in [2.45, 2.75) is 25.6 Å². The fraction of sp³-hybridized carbons (Fsp3) is 0.400. The van der Waals surface area contributed by atoms with E-state index in [4.69, 9.17) is 9.84 Å². The van der Waals surface area contributed by atoms with Crippen LogP contribution in [0.2, 0.25) is 0 Å². The standard InChI is InChI=1S/C15H16F3NO5/c1-8(14(22)23)19-12(20)7-11(15(16,17)18)13(21)9-3-5-10(24-2)6-4-9/h3-6,8,11H,7H2,1-2H3,(H,19,20)(H,22,23)/t8-,11?/m0/s1. The molecule has 0 fully saturated rings. The van der Waals surface area contributed by atoms with Crippen LogP contribution in [0.3, 0.4) is 0 Å². The number of aliphatic carboxylic acids is 1. The van der Waals surface area contributed by atoms with E-state index >= 15 is 0 Å². The van der Waals surface area contributed by atoms with Gasteiger partial charge in [0.05, 0.1) is 7.11 Å². The van der Waals surface area contributed by atoms with Crippen molar-refractivity contribution in [1.82, 2.24) is 5.32 Å². The van der Waals surface area contributed by atoms with E-state index in [2.05, 4.69) is 0 Å². The van der Waals surface area contributed by atoms with Crippen molar-refractivity contribution in [2.75, 3.05) is 7.11 Å². The van der Waals surface area contributed by atoms with Crippen LogP contribution < -0.4 is 10.1 Å². The van der Waals surface area contributed by atoms with Crippen molar-refractivity contribution in [3.63, 3.8) is 0 Å². The van der Waals surface area contributed by atoms with Crippen LogP contribution in [-0.4, -0.2) is 42.1 Å². The molecule has 0 saturated heterocycles. The summed E-state index contributed by atoms with van der Waals surface area (Å²) in [6.07, 6.45) is -6.13. The van der Waals surface area contributed by atoms with E-state index in [1.165, 1.54) is 19.2 Å². The molecule has 2 N–H and O–H groups in total. The van der Waals surface area contributed by atoms with Crippen LogP contribution in [0.25, 0.3) is 0 Å². The second-order valence-electron chi connectivity index (χ2n) is 5.02. The number of amides is 1. The lowest BCUT2D eigenvalue weighted by Gasteiger charge is -2.19. The van der Waals surface area contributed by atoms with E-state index in [1.54, 1.807) is 0 Å². The number of methoxy groups -OCH3 is 1. The van der Waals surface area contributed by atoms with E-state index in [0.29, 0.717) is 5.75 Å². The van der Waals surface area contributed by atoms with Gasteiger partial charge in [0.25, 0.3) is 0 Å². The maximum atomic E-state index is 13.1. The average Bonchev–Trinajstić information content (AvgIpc) is 2.50. The molecule has 1 amide bonds. The lowest BCUT2D eigenvalue weighted by Crippen LogP contribution is -2.42. The number of nitrogens with one attached hydrogen (secondary N) is 1. The smallest absolute Gasteiger partial charge is 0.399 e. The number of hydrogen-bond donors (Lipinski definition) is 2. The molecular weight excluding hydrogens is 331 g/mol. The first-order valence-corrected chi connectivity index (χ1v) is 6.83. The van der Waals surface area contributed by atoms with Gasteiger partial charge in [-0.15, -0.1) is 0 Å². The summed E-state index contributed by atoms with van der Waals surface area (Å²) in [5.74, 6) is -6.04. The molecule has 0 saturated carbocycles. The number of rotatable bonds is 7. The molecule has 0 aliphatic carbocycles. The minimum absolute atomic E-state index is 0.225. The quantitative estimate of drug-likeness (QED) is 0.737. The normalized spacial score (nSPS) is 13.7. The molecule has 1 unspecified atom stereocenters. The molecule has 24 heavy (non-hydrogen) atoms. The molecule has 0 radical (unpaired) electrons. The van der Waals surface area contributed by atoms with E-state index < -0.39 is 42.2 Å². The van der Waals surface area contributed by atoms with E-state index in [9.17, 15) is 27.6 Å². The van der Waals surface area contributed by atoms with Crippen LogP contribution >= 0.6 is 0 Å². The number of halogens is 3. The van der Waals surface area contributed by atoms with Crippen LogP contribution in [0.1, 0.15) is 23.7 Å². The van der Waals surface area contributed by atoms with Gasteiger partial charge in [-0.1, -0.05) is 0 Å². The van der Waals surface area contributed by atoms with Gasteiger partial charge in [-0.3, -0.25) is 14.4 Å². The summed E-state index contributed by atoms with van der Waals surface area (Å²) in [5.41, 5.74) is -0.225. The summed E-state index contributed by atoms with van der Waals surface area (Å²) in [6, 6.07) is 3.62. The Bertz CT molecular complexity index is 613. The number of carboxylic acids is 1. The number of hydrogen-bond acceptors (Lipinski definition) is 4. The highest BCUT2D eigenvalue weighted by Gasteiger charge is 2.46. The lowest BCUT2D eigenvalue weighted by atomic mass is 9.93. The summed E-state index contributed by atoms with van der Waals surface area (Å²) in [5, 5.41) is 10.5. The maximum Gasteiger partial charge on any atom is 0.399 e. The minimum Gasteiger partial charge on any atom is -0.497 e. The lowest BCUT2D eigenvalue weighted by molar-refractivity contribution is -0.166. The molecule has 0 aliphatic rings. The van der Waals surface area contributed by atoms with Crippen LogP contribution in [-0.2, 0) is 9.59 Å². The molecule has 1 aromatic rings. The molecule has 0 heterocycles. The molecule has 0 aliphatic heterocycles. The van der Waals surface area contributed by atoms with Crippen molar-refractivity contribution >= 4 is 17.7 Å². The molecule has 1 aromatic carbocycles. The summed E-state index contributed by atoms with van der Waals surface area (Å²) in [6.45, 7) is 1.11. The third-order valence-electron chi connectivity index (χ3n) is 3.22. The first-order valence-electron chi connectivity index (χ1n) is 6.83. The zero-order valence-electron chi connectivity index (χ0n) is 12.9. The highest BCUT2D eigenvalue weighted by atomic mass is 19.4. The molecule has 2 atom stereocenters. The third kappa shape index (κ3) is 5.25. The molecule has 1 rings (SSSR count). The number of benzene rings is 1. The fourth-order valence-corrected chi connectivity index (χ4v) is 1.86. The van der Waals surface area contributed by atoms with Gasteiger partial charge in [0.1, 0.15) is 17.7 Å². The predicted octanol–water partition coefficient (Wildman–Crippen LogP) is 2.04. The van der Waals surface area contributed by atoms with E-state index in [0.717, 1.165) is 19.1 Å². The topological polar surface area (TPSA) is 92.7 Å². The van der Waals surface area contributed by atoms with E-state index in [-0.39, 0.29) is 5.56 Å². The Hall–Kier alpha value is -2.58. The van der Waals surface area contributed by atoms with Gasteiger partial charge < -0.3 is 15.2 Å². The number of ketones is 1. The van der Waals surface area contributed by atoms with Gasteiger partial charge in [0, 0.05) is 12.0 Å². The fourth-order valence-electron chi connectivity index (χ4n) is 1.86. The monoisotopic (exact) mass is 347 g/mol. The number of alkyl halides is 3. The Morgan fingerprint density at radius 3 is 2.17 bits per heavy atom. The Labute approximate surface area is 135 Å². The van der Waals surface area contributed by atoms with Gasteiger partial charge in [-0.05, 0) is 31.2 Å². The third-order valence-corrected chi connectivity index (χ3v) is 3.22. The molecular formula is C15H16F3NO5. The predicted molar refractivity (Wildman–Crippen MR) is 76.7 cm³/mol. The Kier molecular flexibility index (Phi) is 6.33. The first-order chi connectivity index (χ1) is 11.1. The number of carbonyl (C=O) groups is 3. The van der Waals surface area contributed by atoms with Gasteiger partial charge in [0.2, 0.25) is 5.91 Å². The van der Waals surface area contributed by atoms with Crippen LogP contribution in [0, 0.1) is 5.92 Å². The largest absolute Gasteiger partial charge is 0.497 e. The first kappa shape index (κ1) is 19.5. The van der Waals surface area contributed by atoms with Gasteiger partial charge >= 0.3 is 12.1 Å². The van der Waals surface area contributed by atoms with Crippen molar-refractivity contribution in [3.8, 4) is 5.75 Å². The molecule has 6 nitrogen and oxygen atoms in total. The summed E-state index contributed by atoms with van der Waals surface area (Å²) in [7, 11) is 1.36. The summed E-state index contributed by atoms with van der Waals surface area (Å²) >= 11 is 0. The highest BCUT2D eigenvalue weighted by Crippen LogP contribution is 2.32. The van der Waals surface area contributed by atoms with Crippen molar-refractivity contribution < 1.29 is 37.4 Å². The van der Waals surface area contributed by atoms with Crippen molar-refractivity contribution in [1.29, 1.82) is 0 Å². The Morgan fingerprint density at radius 2 is 1.75 bits per heavy atom. The molecule has 0 aromatic heterocycles. The van der Waals surface area contributed by atoms with E-state index in [1.807, 2.05) is 5.32 Å². The van der Waals surface area contributed by atoms with Crippen LogP contribution in [0.5, 0.6) is 5.75 Å². The second kappa shape index (κ2) is 7.80. The molecule has 9 heteroatoms. The Balaban J connectivity index is 2.94. The summed E-state index contributed by atoms with van der Waals surface area (Å²) < 4.78 is 44.2.